The number of halogens is 1. The van der Waals surface area contributed by atoms with Crippen molar-refractivity contribution in [2.24, 2.45) is 0 Å². The monoisotopic (exact) mass is 308 g/mol. The first-order valence-electron chi connectivity index (χ1n) is 7.56. The molecule has 0 radical (unpaired) electrons. The minimum Gasteiger partial charge on any atom is -0.481 e. The highest BCUT2D eigenvalue weighted by atomic mass is 19.1. The number of rotatable bonds is 5. The average Bonchev–Trinajstić information content (AvgIpc) is 2.46. The van der Waals surface area contributed by atoms with Crippen molar-refractivity contribution < 1.29 is 19.1 Å². The Labute approximate surface area is 129 Å². The number of carbonyl (C=O) groups is 2. The summed E-state index contributed by atoms with van der Waals surface area (Å²) < 4.78 is 13.7. The van der Waals surface area contributed by atoms with Gasteiger partial charge in [0, 0.05) is 19.5 Å². The quantitative estimate of drug-likeness (QED) is 0.908. The number of hydrogen-bond acceptors (Lipinski definition) is 3. The van der Waals surface area contributed by atoms with Gasteiger partial charge in [-0.25, -0.2) is 4.39 Å². The van der Waals surface area contributed by atoms with E-state index in [9.17, 15) is 14.0 Å². The molecule has 5 nitrogen and oxygen atoms in total. The number of carbonyl (C=O) groups excluding carboxylic acids is 1. The van der Waals surface area contributed by atoms with Gasteiger partial charge in [0.15, 0.2) is 0 Å². The van der Waals surface area contributed by atoms with Gasteiger partial charge in [-0.2, -0.15) is 0 Å². The molecule has 1 atom stereocenters. The molecule has 1 amide bonds. The van der Waals surface area contributed by atoms with E-state index in [4.69, 9.17) is 5.11 Å². The molecule has 1 aliphatic rings. The van der Waals surface area contributed by atoms with Gasteiger partial charge in [0.2, 0.25) is 5.91 Å². The van der Waals surface area contributed by atoms with Crippen LogP contribution in [0.15, 0.2) is 18.2 Å². The van der Waals surface area contributed by atoms with Crippen LogP contribution in [-0.4, -0.2) is 36.1 Å². The van der Waals surface area contributed by atoms with E-state index in [0.717, 1.165) is 18.7 Å². The summed E-state index contributed by atoms with van der Waals surface area (Å²) in [4.78, 5) is 26.9. The van der Waals surface area contributed by atoms with E-state index < -0.39 is 17.8 Å². The Morgan fingerprint density at radius 3 is 2.64 bits per heavy atom. The number of anilines is 2. The van der Waals surface area contributed by atoms with Gasteiger partial charge in [0.05, 0.1) is 23.8 Å². The lowest BCUT2D eigenvalue weighted by atomic mass is 10.0. The van der Waals surface area contributed by atoms with Crippen molar-refractivity contribution in [1.29, 1.82) is 0 Å². The van der Waals surface area contributed by atoms with Crippen molar-refractivity contribution in [3.63, 3.8) is 0 Å². The lowest BCUT2D eigenvalue weighted by molar-refractivity contribution is -0.137. The van der Waals surface area contributed by atoms with Crippen LogP contribution in [0.5, 0.6) is 0 Å². The Morgan fingerprint density at radius 1 is 1.32 bits per heavy atom. The van der Waals surface area contributed by atoms with Crippen LogP contribution in [0.25, 0.3) is 0 Å². The maximum Gasteiger partial charge on any atom is 0.305 e. The molecule has 1 heterocycles. The van der Waals surface area contributed by atoms with Gasteiger partial charge in [0.25, 0.3) is 0 Å². The predicted molar refractivity (Wildman–Crippen MR) is 82.7 cm³/mol. The van der Waals surface area contributed by atoms with Gasteiger partial charge in [-0.1, -0.05) is 13.8 Å². The predicted octanol–water partition coefficient (Wildman–Crippen LogP) is 2.64. The number of carboxylic acids is 1. The lowest BCUT2D eigenvalue weighted by Crippen LogP contribution is -2.52. The molecule has 0 aromatic heterocycles. The number of amides is 1. The average molecular weight is 308 g/mol. The Hall–Kier alpha value is -2.11. The zero-order valence-corrected chi connectivity index (χ0v) is 12.9. The summed E-state index contributed by atoms with van der Waals surface area (Å²) in [7, 11) is 0. The summed E-state index contributed by atoms with van der Waals surface area (Å²) in [5.41, 5.74) is 1.25. The number of nitrogens with zero attached hydrogens (tertiary/aromatic N) is 2. The third-order valence-corrected chi connectivity index (χ3v) is 3.81. The molecule has 0 fully saturated rings. The Bertz CT molecular complexity index is 577. The minimum atomic E-state index is -0.963. The molecule has 120 valence electrons. The first-order valence-corrected chi connectivity index (χ1v) is 7.56. The lowest BCUT2D eigenvalue weighted by Gasteiger charge is -2.43. The Kier molecular flexibility index (Phi) is 5.00. The van der Waals surface area contributed by atoms with E-state index in [0.29, 0.717) is 12.2 Å². The van der Waals surface area contributed by atoms with Crippen LogP contribution in [0, 0.1) is 5.82 Å². The standard InChI is InChI=1S/C16H21FN2O3/c1-3-7-18-10-12(9-16(21)22)19(15(20)4-2)14-8-11(17)5-6-13(14)18/h5-6,8,12H,3-4,7,9-10H2,1-2H3,(H,21,22)/t12-/m1/s1. The smallest absolute Gasteiger partial charge is 0.305 e. The van der Waals surface area contributed by atoms with Gasteiger partial charge in [-0.3, -0.25) is 9.59 Å². The molecular formula is C16H21FN2O3. The van der Waals surface area contributed by atoms with Crippen molar-refractivity contribution in [3.8, 4) is 0 Å². The van der Waals surface area contributed by atoms with Gasteiger partial charge in [-0.15, -0.1) is 0 Å². The molecule has 0 bridgehead atoms. The van der Waals surface area contributed by atoms with E-state index in [2.05, 4.69) is 0 Å². The highest BCUT2D eigenvalue weighted by Gasteiger charge is 2.35. The highest BCUT2D eigenvalue weighted by Crippen LogP contribution is 2.37. The fourth-order valence-electron chi connectivity index (χ4n) is 2.94. The second kappa shape index (κ2) is 6.77. The summed E-state index contributed by atoms with van der Waals surface area (Å²) in [6.07, 6.45) is 0.986. The molecule has 0 saturated heterocycles. The van der Waals surface area contributed by atoms with Crippen molar-refractivity contribution in [3.05, 3.63) is 24.0 Å². The van der Waals surface area contributed by atoms with Crippen LogP contribution in [0.1, 0.15) is 33.1 Å². The van der Waals surface area contributed by atoms with Crippen molar-refractivity contribution in [1.82, 2.24) is 0 Å². The van der Waals surface area contributed by atoms with Gasteiger partial charge in [0.1, 0.15) is 5.82 Å². The van der Waals surface area contributed by atoms with Gasteiger partial charge >= 0.3 is 5.97 Å². The van der Waals surface area contributed by atoms with E-state index in [1.54, 1.807) is 13.0 Å². The van der Waals surface area contributed by atoms with E-state index in [1.165, 1.54) is 17.0 Å². The maximum atomic E-state index is 13.7. The molecule has 1 aliphatic heterocycles. The zero-order valence-electron chi connectivity index (χ0n) is 12.9. The summed E-state index contributed by atoms with van der Waals surface area (Å²) >= 11 is 0. The van der Waals surface area contributed by atoms with Crippen LogP contribution in [-0.2, 0) is 9.59 Å². The number of benzene rings is 1. The van der Waals surface area contributed by atoms with Crippen LogP contribution < -0.4 is 9.80 Å². The summed E-state index contributed by atoms with van der Waals surface area (Å²) in [5, 5.41) is 9.13. The Balaban J connectivity index is 2.50. The maximum absolute atomic E-state index is 13.7. The summed E-state index contributed by atoms with van der Waals surface area (Å²) in [5.74, 6) is -1.58. The molecule has 1 aromatic rings. The highest BCUT2D eigenvalue weighted by molar-refractivity contribution is 5.99. The van der Waals surface area contributed by atoms with Crippen molar-refractivity contribution in [2.75, 3.05) is 22.9 Å². The molecule has 0 unspecified atom stereocenters. The minimum absolute atomic E-state index is 0.151. The summed E-state index contributed by atoms with van der Waals surface area (Å²) in [6, 6.07) is 3.87. The first-order chi connectivity index (χ1) is 10.5. The van der Waals surface area contributed by atoms with E-state index >= 15 is 0 Å². The summed E-state index contributed by atoms with van der Waals surface area (Å²) in [6.45, 7) is 4.93. The topological polar surface area (TPSA) is 60.9 Å². The molecule has 0 spiro atoms. The third-order valence-electron chi connectivity index (χ3n) is 3.81. The molecule has 6 heteroatoms. The first kappa shape index (κ1) is 16.3. The van der Waals surface area contributed by atoms with Crippen LogP contribution in [0.4, 0.5) is 15.8 Å². The van der Waals surface area contributed by atoms with Gasteiger partial charge < -0.3 is 14.9 Å². The number of carboxylic acid groups (broad SMARTS) is 1. The number of hydrogen-bond donors (Lipinski definition) is 1. The largest absolute Gasteiger partial charge is 0.481 e. The Morgan fingerprint density at radius 2 is 2.05 bits per heavy atom. The van der Waals surface area contributed by atoms with Crippen molar-refractivity contribution >= 4 is 23.3 Å². The van der Waals surface area contributed by atoms with Gasteiger partial charge in [-0.05, 0) is 24.6 Å². The fourth-order valence-corrected chi connectivity index (χ4v) is 2.94. The molecule has 0 saturated carbocycles. The zero-order chi connectivity index (χ0) is 16.3. The molecule has 1 aromatic carbocycles. The van der Waals surface area contributed by atoms with Crippen LogP contribution in [0.3, 0.4) is 0 Å². The molecular weight excluding hydrogens is 287 g/mol. The van der Waals surface area contributed by atoms with Crippen LogP contribution in [0.2, 0.25) is 0 Å². The molecule has 0 aliphatic carbocycles. The molecule has 1 N–H and O–H groups in total. The molecule has 22 heavy (non-hydrogen) atoms. The number of aliphatic carboxylic acids is 1. The molecule has 2 rings (SSSR count). The van der Waals surface area contributed by atoms with E-state index in [1.807, 2.05) is 11.8 Å². The van der Waals surface area contributed by atoms with Crippen LogP contribution >= 0.6 is 0 Å². The SMILES string of the molecule is CCCN1C[C@@H](CC(=O)O)N(C(=O)CC)c2cc(F)ccc21. The van der Waals surface area contributed by atoms with Crippen molar-refractivity contribution in [2.45, 2.75) is 39.2 Å². The van der Waals surface area contributed by atoms with E-state index in [-0.39, 0.29) is 18.7 Å². The second-order valence-corrected chi connectivity index (χ2v) is 5.45. The number of fused-ring (bicyclic) bond motifs is 1. The fraction of sp³-hybridized carbons (Fsp3) is 0.500. The third kappa shape index (κ3) is 3.21. The second-order valence-electron chi connectivity index (χ2n) is 5.45. The normalized spacial score (nSPS) is 17.3.